The van der Waals surface area contributed by atoms with Crippen molar-refractivity contribution in [2.45, 2.75) is 165 Å². The minimum absolute atomic E-state index is 0.00619. The zero-order valence-corrected chi connectivity index (χ0v) is 46.0. The molecule has 82 heavy (non-hydrogen) atoms. The van der Waals surface area contributed by atoms with Crippen molar-refractivity contribution in [2.24, 2.45) is 16.7 Å². The minimum Gasteiger partial charge on any atom is -0.463 e. The smallest absolute Gasteiger partial charge is 0.350 e. The van der Waals surface area contributed by atoms with Crippen molar-refractivity contribution in [2.75, 3.05) is 13.2 Å². The van der Waals surface area contributed by atoms with Gasteiger partial charge in [-0.2, -0.15) is 0 Å². The molecule has 3 aromatic rings. The maximum absolute atomic E-state index is 15.8. The Bertz CT molecular complexity index is 2920. The number of Topliss-reactive ketones (excluding diaryl/α,β-unsaturated/α-hetero) is 1. The van der Waals surface area contributed by atoms with Gasteiger partial charge in [-0.05, 0) is 67.7 Å². The molecule has 5 aliphatic rings. The minimum atomic E-state index is -2.53. The third-order valence-corrected chi connectivity index (χ3v) is 16.8. The lowest BCUT2D eigenvalue weighted by Gasteiger charge is -2.67. The molecule has 4 fully saturated rings. The van der Waals surface area contributed by atoms with Crippen molar-refractivity contribution in [3.63, 3.8) is 0 Å². The largest absolute Gasteiger partial charge is 0.463 e. The Kier molecular flexibility index (Phi) is 18.2. The van der Waals surface area contributed by atoms with Crippen LogP contribution >= 0.6 is 0 Å². The number of esters is 6. The second kappa shape index (κ2) is 24.5. The van der Waals surface area contributed by atoms with E-state index in [9.17, 15) is 59.4 Å². The lowest BCUT2D eigenvalue weighted by atomic mass is 9.44. The number of carbonyl (C=O) groups excluding carboxylic acids is 8. The van der Waals surface area contributed by atoms with Crippen molar-refractivity contribution < 1.29 is 107 Å². The number of hydrogen-bond donors (Lipinski definition) is 7. The molecule has 0 spiro atoms. The average molecular weight is 1140 g/mol. The maximum Gasteiger partial charge on any atom is 0.350 e. The van der Waals surface area contributed by atoms with Gasteiger partial charge in [-0.3, -0.25) is 28.8 Å². The molecule has 2 aliphatic heterocycles. The summed E-state index contributed by atoms with van der Waals surface area (Å²) >= 11 is 0. The van der Waals surface area contributed by atoms with E-state index in [-0.39, 0.29) is 60.1 Å². The maximum atomic E-state index is 15.8. The van der Waals surface area contributed by atoms with Crippen molar-refractivity contribution in [1.29, 1.82) is 0 Å². The van der Waals surface area contributed by atoms with Gasteiger partial charge in [0, 0.05) is 50.5 Å². The van der Waals surface area contributed by atoms with Gasteiger partial charge in [0.15, 0.2) is 23.8 Å². The van der Waals surface area contributed by atoms with Crippen LogP contribution in [-0.4, -0.2) is 170 Å². The fourth-order valence-electron chi connectivity index (χ4n) is 12.3. The summed E-state index contributed by atoms with van der Waals surface area (Å²) in [7, 11) is 0. The Labute approximate surface area is 471 Å². The molecule has 1 amide bonds. The molecule has 23 heteroatoms. The first-order chi connectivity index (χ1) is 38.8. The Morgan fingerprint density at radius 1 is 0.744 bits per heavy atom. The van der Waals surface area contributed by atoms with Gasteiger partial charge in [-0.15, -0.1) is 0 Å². The molecule has 2 heterocycles. The van der Waals surface area contributed by atoms with E-state index >= 15 is 9.59 Å². The summed E-state index contributed by atoms with van der Waals surface area (Å²) < 4.78 is 47.0. The molecule has 442 valence electrons. The summed E-state index contributed by atoms with van der Waals surface area (Å²) in [5.41, 5.74) is -7.96. The van der Waals surface area contributed by atoms with Crippen LogP contribution in [-0.2, 0) is 66.7 Å². The van der Waals surface area contributed by atoms with E-state index in [1.54, 1.807) is 66.7 Å². The quantitative estimate of drug-likeness (QED) is 0.0415. The molecule has 0 radical (unpaired) electrons. The van der Waals surface area contributed by atoms with Gasteiger partial charge < -0.3 is 73.9 Å². The van der Waals surface area contributed by atoms with Gasteiger partial charge in [-0.1, -0.05) is 80.6 Å². The Morgan fingerprint density at radius 3 is 1.93 bits per heavy atom. The van der Waals surface area contributed by atoms with Crippen LogP contribution in [0.25, 0.3) is 0 Å². The summed E-state index contributed by atoms with van der Waals surface area (Å²) in [6.45, 7) is 7.04. The van der Waals surface area contributed by atoms with Crippen LogP contribution in [0.4, 0.5) is 0 Å². The highest BCUT2D eigenvalue weighted by atomic mass is 16.7. The van der Waals surface area contributed by atoms with Gasteiger partial charge in [0.25, 0.3) is 5.91 Å². The molecule has 2 saturated heterocycles. The average Bonchev–Trinajstić information content (AvgIpc) is 0.815. The molecule has 0 aromatic heterocycles. The van der Waals surface area contributed by atoms with Gasteiger partial charge in [0.2, 0.25) is 6.10 Å². The number of benzene rings is 3. The van der Waals surface area contributed by atoms with Crippen LogP contribution in [0.2, 0.25) is 0 Å². The van der Waals surface area contributed by atoms with Crippen LogP contribution in [0.3, 0.4) is 0 Å². The lowest BCUT2D eigenvalue weighted by molar-refractivity contribution is -0.346. The molecule has 3 aromatic carbocycles. The fourth-order valence-corrected chi connectivity index (χ4v) is 12.3. The lowest BCUT2D eigenvalue weighted by Crippen LogP contribution is -2.82. The first-order valence-corrected chi connectivity index (χ1v) is 27.0. The summed E-state index contributed by atoms with van der Waals surface area (Å²) in [6.07, 6.45) is -20.5. The number of ether oxygens (including phenoxy) is 8. The van der Waals surface area contributed by atoms with E-state index < -0.39 is 168 Å². The number of nitrogens with one attached hydrogen (secondary N) is 1. The Morgan fingerprint density at radius 2 is 1.34 bits per heavy atom. The molecule has 7 N–H and O–H groups in total. The fraction of sp³-hybridized carbons (Fsp3) is 0.525. The highest BCUT2D eigenvalue weighted by Crippen LogP contribution is 2.64. The third-order valence-electron chi connectivity index (χ3n) is 16.8. The van der Waals surface area contributed by atoms with E-state index in [1.807, 2.05) is 0 Å². The number of fused-ring (bicyclic) bond motifs is 5. The summed E-state index contributed by atoms with van der Waals surface area (Å²) in [5, 5.41) is 68.9. The standard InChI is InChI=1S/C59H69NO22/c1-30-36(27-59(74)51(81-53(71)35-22-14-9-15-23-35)49-57(6,38(63)26-39-58(49,29-76-39)82-32(3)62)50(69)47(77-31(2)61)42(30)56(59,4)5)78-55(73)48(43(33-18-10-7-11-19-33)60-52(70)34-20-12-8-13-21-34)80-41(65)25-17-16-24-40(64)75-28-37-44(66)45(67)46(68)54(72)79-37/h7-15,18-23,36-39,43-49,51,54,63,66-68,72,74H,16-17,24-29H2,1-6H3,(H,60,70)/t36?,37?,38?,39?,43-,44?,45?,46?,47?,48?,49?,51?,54?,57+,58-,59?/m0/s1. The molecule has 3 aliphatic carbocycles. The van der Waals surface area contributed by atoms with Gasteiger partial charge in [-0.25, -0.2) is 9.59 Å². The molecule has 13 unspecified atom stereocenters. The highest BCUT2D eigenvalue weighted by molar-refractivity contribution is 5.96. The zero-order chi connectivity index (χ0) is 59.6. The predicted octanol–water partition coefficient (Wildman–Crippen LogP) is 2.19. The number of ketones is 1. The van der Waals surface area contributed by atoms with E-state index in [1.165, 1.54) is 52.0 Å². The van der Waals surface area contributed by atoms with E-state index in [0.29, 0.717) is 0 Å². The van der Waals surface area contributed by atoms with Crippen LogP contribution < -0.4 is 5.32 Å². The SMILES string of the molecule is CC(=O)OC1C(=O)[C@]2(C)C(O)CC3OC[C@@]3(OC(C)=O)C2C(OC(=O)c2ccccc2)C2(O)CC(OC(=O)C(OC(=O)CCCCC(=O)OCC3OC(O)C(O)C(O)C3O)[C@@H](NC(=O)c3ccccc3)c3ccccc3)C(C)=C1C2(C)C. The number of carbonyl (C=O) groups is 8. The second-order valence-electron chi connectivity index (χ2n) is 22.2. The Hall–Kier alpha value is -6.96. The summed E-state index contributed by atoms with van der Waals surface area (Å²) in [5.74, 6) is -9.22. The number of amides is 1. The number of rotatable bonds is 18. The number of hydrogen-bond acceptors (Lipinski definition) is 22. The Balaban J connectivity index is 1.17. The van der Waals surface area contributed by atoms with Crippen molar-refractivity contribution in [3.05, 3.63) is 119 Å². The first kappa shape index (κ1) is 61.1. The van der Waals surface area contributed by atoms with Gasteiger partial charge in [0.1, 0.15) is 61.0 Å². The summed E-state index contributed by atoms with van der Waals surface area (Å²) in [4.78, 5) is 113. The van der Waals surface area contributed by atoms with Gasteiger partial charge >= 0.3 is 35.8 Å². The molecular formula is C59H69NO22. The van der Waals surface area contributed by atoms with Crippen LogP contribution in [0, 0.1) is 16.7 Å². The molecule has 16 atom stereocenters. The number of aliphatic hydroxyl groups excluding tert-OH is 5. The molecular weight excluding hydrogens is 1070 g/mol. The predicted molar refractivity (Wildman–Crippen MR) is 280 cm³/mol. The van der Waals surface area contributed by atoms with Crippen LogP contribution in [0.5, 0.6) is 0 Å². The zero-order valence-electron chi connectivity index (χ0n) is 46.0. The van der Waals surface area contributed by atoms with Crippen LogP contribution in [0.15, 0.2) is 102 Å². The first-order valence-electron chi connectivity index (χ1n) is 27.0. The third kappa shape index (κ3) is 11.7. The monoisotopic (exact) mass is 1140 g/mol. The topological polar surface area (TPSA) is 344 Å². The number of aliphatic hydroxyl groups is 6. The number of unbranched alkanes of at least 4 members (excludes halogenated alkanes) is 1. The summed E-state index contributed by atoms with van der Waals surface area (Å²) in [6, 6.07) is 22.1. The van der Waals surface area contributed by atoms with Gasteiger partial charge in [0.05, 0.1) is 29.6 Å². The van der Waals surface area contributed by atoms with Crippen molar-refractivity contribution in [1.82, 2.24) is 5.32 Å². The molecule has 8 rings (SSSR count). The van der Waals surface area contributed by atoms with E-state index in [4.69, 9.17) is 37.9 Å². The molecule has 2 saturated carbocycles. The molecule has 23 nitrogen and oxygen atoms in total. The van der Waals surface area contributed by atoms with Crippen molar-refractivity contribution >= 4 is 47.5 Å². The van der Waals surface area contributed by atoms with E-state index in [0.717, 1.165) is 13.8 Å². The normalized spacial score (nSPS) is 32.5. The second-order valence-corrected chi connectivity index (χ2v) is 22.2. The van der Waals surface area contributed by atoms with Crippen molar-refractivity contribution in [3.8, 4) is 0 Å². The van der Waals surface area contributed by atoms with E-state index in [2.05, 4.69) is 5.32 Å². The molecule has 2 bridgehead atoms. The van der Waals surface area contributed by atoms with Crippen LogP contribution in [0.1, 0.15) is 112 Å². The highest BCUT2D eigenvalue weighted by Gasteiger charge is 2.78.